The molecule has 0 radical (unpaired) electrons. The molecule has 4 unspecified atom stereocenters. The molecule has 0 bridgehead atoms. The highest BCUT2D eigenvalue weighted by molar-refractivity contribution is 6.07. The minimum absolute atomic E-state index is 0.0275. The third-order valence-electron chi connectivity index (χ3n) is 6.73. The predicted octanol–water partition coefficient (Wildman–Crippen LogP) is 4.91. The van der Waals surface area contributed by atoms with Gasteiger partial charge in [-0.25, -0.2) is 0 Å². The first-order valence-corrected chi connectivity index (χ1v) is 9.90. The molecule has 3 rings (SSSR count). The molecule has 26 heavy (non-hydrogen) atoms. The molecule has 1 fully saturated rings. The smallest absolute Gasteiger partial charge is 0.252 e. The molecule has 3 heteroatoms. The van der Waals surface area contributed by atoms with Gasteiger partial charge in [-0.3, -0.25) is 4.79 Å². The summed E-state index contributed by atoms with van der Waals surface area (Å²) in [6.07, 6.45) is 3.05. The Balaban J connectivity index is 1.89. The fraction of sp³-hybridized carbons (Fsp3) is 0.522. The number of amides is 1. The second-order valence-electron chi connectivity index (χ2n) is 8.41. The third kappa shape index (κ3) is 3.37. The van der Waals surface area contributed by atoms with Gasteiger partial charge in [0, 0.05) is 22.7 Å². The van der Waals surface area contributed by atoms with Crippen LogP contribution in [0, 0.1) is 5.92 Å². The molecule has 1 aliphatic rings. The molecule has 3 nitrogen and oxygen atoms in total. The summed E-state index contributed by atoms with van der Waals surface area (Å²) in [5.74, 6) is 0.406. The lowest BCUT2D eigenvalue weighted by Gasteiger charge is -2.53. The van der Waals surface area contributed by atoms with Crippen LogP contribution in [0.2, 0.25) is 0 Å². The van der Waals surface area contributed by atoms with Gasteiger partial charge in [-0.05, 0) is 55.9 Å². The van der Waals surface area contributed by atoms with Crippen LogP contribution in [0.25, 0.3) is 10.8 Å². The lowest BCUT2D eigenvalue weighted by Crippen LogP contribution is -2.68. The Labute approximate surface area is 157 Å². The fourth-order valence-electron chi connectivity index (χ4n) is 4.45. The number of rotatable bonds is 4. The van der Waals surface area contributed by atoms with Crippen LogP contribution in [0.3, 0.4) is 0 Å². The molecule has 1 amide bonds. The molecule has 0 aromatic heterocycles. The number of hydrogen-bond acceptors (Lipinski definition) is 2. The van der Waals surface area contributed by atoms with Crippen LogP contribution < -0.4 is 10.6 Å². The van der Waals surface area contributed by atoms with Crippen molar-refractivity contribution in [1.82, 2.24) is 10.6 Å². The van der Waals surface area contributed by atoms with E-state index in [0.717, 1.165) is 35.6 Å². The van der Waals surface area contributed by atoms with Crippen molar-refractivity contribution in [3.8, 4) is 0 Å². The summed E-state index contributed by atoms with van der Waals surface area (Å²) in [5, 5.41) is 9.38. The van der Waals surface area contributed by atoms with E-state index in [-0.39, 0.29) is 23.0 Å². The highest BCUT2D eigenvalue weighted by Gasteiger charge is 2.46. The lowest BCUT2D eigenvalue weighted by molar-refractivity contribution is 0.0532. The molecule has 2 aromatic carbocycles. The van der Waals surface area contributed by atoms with Crippen molar-refractivity contribution >= 4 is 16.7 Å². The Bertz CT molecular complexity index is 796. The number of carbonyl (C=O) groups excluding carboxylic acids is 1. The topological polar surface area (TPSA) is 41.1 Å². The van der Waals surface area contributed by atoms with E-state index in [1.807, 2.05) is 30.3 Å². The van der Waals surface area contributed by atoms with Gasteiger partial charge in [-0.1, -0.05) is 57.2 Å². The summed E-state index contributed by atoms with van der Waals surface area (Å²) in [6, 6.07) is 14.2. The predicted molar refractivity (Wildman–Crippen MR) is 110 cm³/mol. The van der Waals surface area contributed by atoms with Crippen LogP contribution >= 0.6 is 0 Å². The van der Waals surface area contributed by atoms with Crippen molar-refractivity contribution in [3.63, 3.8) is 0 Å². The zero-order valence-electron chi connectivity index (χ0n) is 16.7. The molecule has 0 saturated carbocycles. The van der Waals surface area contributed by atoms with Gasteiger partial charge in [0.15, 0.2) is 0 Å². The first-order chi connectivity index (χ1) is 12.3. The average molecular weight is 353 g/mol. The van der Waals surface area contributed by atoms with Gasteiger partial charge in [-0.15, -0.1) is 0 Å². The minimum Gasteiger partial charge on any atom is -0.349 e. The molecule has 1 saturated heterocycles. The van der Waals surface area contributed by atoms with Crippen molar-refractivity contribution in [1.29, 1.82) is 0 Å². The van der Waals surface area contributed by atoms with Gasteiger partial charge in [0.25, 0.3) is 5.91 Å². The SMILES string of the molecule is CCC1(C)CC(NC(=O)c2cccc3ccccc23)C(C)C(C)(CC)N1. The van der Waals surface area contributed by atoms with Crippen LogP contribution in [0.1, 0.15) is 64.2 Å². The molecule has 4 atom stereocenters. The Hall–Kier alpha value is -1.87. The van der Waals surface area contributed by atoms with E-state index in [1.54, 1.807) is 0 Å². The van der Waals surface area contributed by atoms with Crippen molar-refractivity contribution in [2.45, 2.75) is 71.0 Å². The Morgan fingerprint density at radius 2 is 1.81 bits per heavy atom. The van der Waals surface area contributed by atoms with Crippen molar-refractivity contribution in [2.24, 2.45) is 5.92 Å². The molecule has 1 heterocycles. The Kier molecular flexibility index (Phi) is 5.12. The fourth-order valence-corrected chi connectivity index (χ4v) is 4.45. The number of hydrogen-bond donors (Lipinski definition) is 2. The standard InChI is InChI=1S/C23H32N2O/c1-6-22(4)15-20(16(3)23(5,7-2)25-22)24-21(26)19-14-10-12-17-11-8-9-13-18(17)19/h8-14,16,20,25H,6-7,15H2,1-5H3,(H,24,26). The molecule has 1 aliphatic heterocycles. The highest BCUT2D eigenvalue weighted by Crippen LogP contribution is 2.37. The van der Waals surface area contributed by atoms with Crippen LogP contribution in [-0.2, 0) is 0 Å². The van der Waals surface area contributed by atoms with Gasteiger partial charge in [-0.2, -0.15) is 0 Å². The number of carbonyl (C=O) groups is 1. The second-order valence-corrected chi connectivity index (χ2v) is 8.41. The Morgan fingerprint density at radius 3 is 2.50 bits per heavy atom. The van der Waals surface area contributed by atoms with Crippen molar-refractivity contribution in [3.05, 3.63) is 48.0 Å². The third-order valence-corrected chi connectivity index (χ3v) is 6.73. The summed E-state index contributed by atoms with van der Waals surface area (Å²) in [4.78, 5) is 13.1. The summed E-state index contributed by atoms with van der Waals surface area (Å²) in [7, 11) is 0. The quantitative estimate of drug-likeness (QED) is 0.821. The van der Waals surface area contributed by atoms with E-state index in [0.29, 0.717) is 5.92 Å². The molecule has 0 spiro atoms. The first-order valence-electron chi connectivity index (χ1n) is 9.90. The van der Waals surface area contributed by atoms with E-state index in [1.165, 1.54) is 0 Å². The highest BCUT2D eigenvalue weighted by atomic mass is 16.1. The van der Waals surface area contributed by atoms with Crippen LogP contribution in [0.4, 0.5) is 0 Å². The number of nitrogens with one attached hydrogen (secondary N) is 2. The zero-order chi connectivity index (χ0) is 18.9. The number of benzene rings is 2. The van der Waals surface area contributed by atoms with E-state index in [9.17, 15) is 4.79 Å². The summed E-state index contributed by atoms with van der Waals surface area (Å²) < 4.78 is 0. The van der Waals surface area contributed by atoms with E-state index < -0.39 is 0 Å². The average Bonchev–Trinajstić information content (AvgIpc) is 2.65. The van der Waals surface area contributed by atoms with Gasteiger partial charge >= 0.3 is 0 Å². The lowest BCUT2D eigenvalue weighted by atomic mass is 9.69. The monoisotopic (exact) mass is 352 g/mol. The van der Waals surface area contributed by atoms with Gasteiger partial charge in [0.2, 0.25) is 0 Å². The van der Waals surface area contributed by atoms with E-state index in [4.69, 9.17) is 0 Å². The van der Waals surface area contributed by atoms with Gasteiger partial charge < -0.3 is 10.6 Å². The first kappa shape index (κ1) is 18.9. The van der Waals surface area contributed by atoms with E-state index >= 15 is 0 Å². The van der Waals surface area contributed by atoms with Crippen molar-refractivity contribution in [2.75, 3.05) is 0 Å². The minimum atomic E-state index is 0.0275. The molecule has 2 N–H and O–H groups in total. The summed E-state index contributed by atoms with van der Waals surface area (Å²) in [6.45, 7) is 11.3. The molecule has 2 aromatic rings. The van der Waals surface area contributed by atoms with E-state index in [2.05, 4.69) is 57.4 Å². The normalized spacial score (nSPS) is 31.7. The van der Waals surface area contributed by atoms with Gasteiger partial charge in [0.05, 0.1) is 0 Å². The zero-order valence-corrected chi connectivity index (χ0v) is 16.7. The largest absolute Gasteiger partial charge is 0.349 e. The Morgan fingerprint density at radius 1 is 1.12 bits per heavy atom. The maximum absolute atomic E-state index is 13.1. The van der Waals surface area contributed by atoms with Crippen LogP contribution in [0.5, 0.6) is 0 Å². The molecule has 0 aliphatic carbocycles. The molecule has 140 valence electrons. The molecular weight excluding hydrogens is 320 g/mol. The van der Waals surface area contributed by atoms with Crippen LogP contribution in [0.15, 0.2) is 42.5 Å². The molecular formula is C23H32N2O. The summed E-state index contributed by atoms with van der Waals surface area (Å²) >= 11 is 0. The number of fused-ring (bicyclic) bond motifs is 1. The maximum atomic E-state index is 13.1. The number of piperidine rings is 1. The second kappa shape index (κ2) is 7.03. The maximum Gasteiger partial charge on any atom is 0.252 e. The van der Waals surface area contributed by atoms with Gasteiger partial charge in [0.1, 0.15) is 0 Å². The summed E-state index contributed by atoms with van der Waals surface area (Å²) in [5.41, 5.74) is 0.846. The van der Waals surface area contributed by atoms with Crippen LogP contribution in [-0.4, -0.2) is 23.0 Å². The van der Waals surface area contributed by atoms with Crippen molar-refractivity contribution < 1.29 is 4.79 Å².